The summed E-state index contributed by atoms with van der Waals surface area (Å²) < 4.78 is 5.48. The van der Waals surface area contributed by atoms with Gasteiger partial charge in [0.1, 0.15) is 11.9 Å². The van der Waals surface area contributed by atoms with Crippen LogP contribution in [0.3, 0.4) is 0 Å². The number of piperidine rings is 1. The number of benzene rings is 1. The van der Waals surface area contributed by atoms with Crippen LogP contribution in [0.15, 0.2) is 55.0 Å². The minimum Gasteiger partial charge on any atom is -0.453 e. The number of nitrogens with zero attached hydrogens (tertiary/aromatic N) is 4. The molecule has 1 fully saturated rings. The number of hydrogen-bond donors (Lipinski definition) is 0. The van der Waals surface area contributed by atoms with Crippen molar-refractivity contribution in [2.24, 2.45) is 0 Å². The molecule has 0 unspecified atom stereocenters. The van der Waals surface area contributed by atoms with E-state index in [9.17, 15) is 9.59 Å². The minimum atomic E-state index is -0.514. The van der Waals surface area contributed by atoms with E-state index in [4.69, 9.17) is 9.72 Å². The molecule has 7 heteroatoms. The predicted octanol–water partition coefficient (Wildman–Crippen LogP) is 3.85. The van der Waals surface area contributed by atoms with Crippen LogP contribution in [0.1, 0.15) is 58.7 Å². The first-order chi connectivity index (χ1) is 15.6. The summed E-state index contributed by atoms with van der Waals surface area (Å²) in [7, 11) is 0. The Morgan fingerprint density at radius 1 is 1.16 bits per heavy atom. The summed E-state index contributed by atoms with van der Waals surface area (Å²) in [5.74, 6) is 0.487. The number of carbonyl (C=O) groups excluding carboxylic acids is 2. The van der Waals surface area contributed by atoms with Crippen LogP contribution in [0.2, 0.25) is 0 Å². The number of hydrogen-bond acceptors (Lipinski definition) is 6. The second kappa shape index (κ2) is 8.49. The van der Waals surface area contributed by atoms with Crippen LogP contribution in [-0.2, 0) is 9.53 Å². The normalized spacial score (nSPS) is 20.0. The van der Waals surface area contributed by atoms with Gasteiger partial charge in [0.25, 0.3) is 0 Å². The molecule has 0 saturated carbocycles. The maximum absolute atomic E-state index is 13.2. The zero-order chi connectivity index (χ0) is 22.1. The largest absolute Gasteiger partial charge is 0.453 e. The zero-order valence-electron chi connectivity index (χ0n) is 17.9. The lowest BCUT2D eigenvalue weighted by Gasteiger charge is -2.34. The molecule has 1 amide bonds. The van der Waals surface area contributed by atoms with E-state index >= 15 is 0 Å². The fourth-order valence-electron chi connectivity index (χ4n) is 4.64. The lowest BCUT2D eigenvalue weighted by atomic mass is 9.89. The van der Waals surface area contributed by atoms with Gasteiger partial charge in [-0.3, -0.25) is 9.78 Å². The Hall–Kier alpha value is -3.61. The van der Waals surface area contributed by atoms with E-state index in [2.05, 4.69) is 9.97 Å². The van der Waals surface area contributed by atoms with Crippen LogP contribution in [0.4, 0.5) is 0 Å². The Morgan fingerprint density at radius 3 is 2.81 bits per heavy atom. The van der Waals surface area contributed by atoms with E-state index in [1.54, 1.807) is 18.5 Å². The van der Waals surface area contributed by atoms with Crippen LogP contribution < -0.4 is 0 Å². The van der Waals surface area contributed by atoms with Crippen molar-refractivity contribution < 1.29 is 14.3 Å². The van der Waals surface area contributed by atoms with E-state index in [-0.39, 0.29) is 24.2 Å². The molecular formula is C25H24N4O3. The highest BCUT2D eigenvalue weighted by Crippen LogP contribution is 2.36. The zero-order valence-corrected chi connectivity index (χ0v) is 17.9. The monoisotopic (exact) mass is 428 g/mol. The van der Waals surface area contributed by atoms with Crippen molar-refractivity contribution in [3.63, 3.8) is 0 Å². The third-order valence-corrected chi connectivity index (χ3v) is 6.23. The summed E-state index contributed by atoms with van der Waals surface area (Å²) in [5, 5.41) is 0. The number of fused-ring (bicyclic) bond motifs is 1. The maximum Gasteiger partial charge on any atom is 0.339 e. The van der Waals surface area contributed by atoms with E-state index in [1.807, 2.05) is 48.4 Å². The van der Waals surface area contributed by atoms with Gasteiger partial charge in [0.05, 0.1) is 17.7 Å². The third kappa shape index (κ3) is 3.86. The maximum atomic E-state index is 13.2. The number of cyclic esters (lactones) is 1. The van der Waals surface area contributed by atoms with Gasteiger partial charge in [0, 0.05) is 48.7 Å². The smallest absolute Gasteiger partial charge is 0.339 e. The fraction of sp³-hybridized carbons (Fsp3) is 0.320. The predicted molar refractivity (Wildman–Crippen MR) is 118 cm³/mol. The molecule has 162 valence electrons. The Kier molecular flexibility index (Phi) is 5.39. The highest BCUT2D eigenvalue weighted by molar-refractivity contribution is 5.94. The molecule has 5 rings (SSSR count). The molecule has 2 aliphatic rings. The molecule has 2 aromatic heterocycles. The van der Waals surface area contributed by atoms with Crippen LogP contribution in [0, 0.1) is 6.92 Å². The molecule has 2 atom stereocenters. The Labute approximate surface area is 186 Å². The fourth-order valence-corrected chi connectivity index (χ4v) is 4.64. The van der Waals surface area contributed by atoms with Crippen LogP contribution in [0.25, 0.3) is 11.1 Å². The third-order valence-electron chi connectivity index (χ3n) is 6.23. The van der Waals surface area contributed by atoms with E-state index in [0.29, 0.717) is 18.7 Å². The number of esters is 1. The first-order valence-electron chi connectivity index (χ1n) is 10.9. The second-order valence-corrected chi connectivity index (χ2v) is 8.32. The summed E-state index contributed by atoms with van der Waals surface area (Å²) in [5.41, 5.74) is 4.33. The molecule has 4 heterocycles. The summed E-state index contributed by atoms with van der Waals surface area (Å²) in [6.07, 6.45) is 6.89. The number of ether oxygens (including phenoxy) is 1. The number of likely N-dealkylation sites (tertiary alicyclic amines) is 1. The number of amides is 1. The number of carbonyl (C=O) groups is 2. The molecule has 7 nitrogen and oxygen atoms in total. The molecule has 2 aliphatic heterocycles. The summed E-state index contributed by atoms with van der Waals surface area (Å²) >= 11 is 0. The van der Waals surface area contributed by atoms with Gasteiger partial charge in [0.2, 0.25) is 5.91 Å². The molecule has 1 saturated heterocycles. The van der Waals surface area contributed by atoms with Crippen molar-refractivity contribution >= 4 is 11.9 Å². The number of aryl methyl sites for hydroxylation is 1. The van der Waals surface area contributed by atoms with Gasteiger partial charge in [-0.1, -0.05) is 18.2 Å². The molecule has 0 N–H and O–H groups in total. The quantitative estimate of drug-likeness (QED) is 0.587. The highest BCUT2D eigenvalue weighted by atomic mass is 16.5. The Morgan fingerprint density at radius 2 is 1.97 bits per heavy atom. The Bertz CT molecular complexity index is 1160. The first kappa shape index (κ1) is 20.3. The van der Waals surface area contributed by atoms with Crippen molar-refractivity contribution in [3.05, 3.63) is 77.6 Å². The number of rotatable bonds is 4. The summed E-state index contributed by atoms with van der Waals surface area (Å²) in [6.45, 7) is 3.18. The molecule has 0 aliphatic carbocycles. The van der Waals surface area contributed by atoms with Gasteiger partial charge in [-0.05, 0) is 43.5 Å². The molecule has 32 heavy (non-hydrogen) atoms. The van der Waals surface area contributed by atoms with E-state index in [0.717, 1.165) is 41.1 Å². The van der Waals surface area contributed by atoms with Gasteiger partial charge in [0.15, 0.2) is 0 Å². The van der Waals surface area contributed by atoms with Gasteiger partial charge >= 0.3 is 5.97 Å². The average Bonchev–Trinajstić information content (AvgIpc) is 3.15. The molecule has 0 radical (unpaired) electrons. The standard InChI is InChI=1S/C25H24N4O3/c1-16-27-14-21(17-8-10-26-11-9-17)24(28-16)18-5-4-12-29(15-18)23(30)13-22-19-6-2-3-7-20(19)25(31)32-22/h2-3,6-11,14,18,22H,4-5,12-13,15H2,1H3/t18-,22-/m1/s1. The van der Waals surface area contributed by atoms with Gasteiger partial charge in [-0.15, -0.1) is 0 Å². The summed E-state index contributed by atoms with van der Waals surface area (Å²) in [6, 6.07) is 11.2. The SMILES string of the molecule is Cc1ncc(-c2ccncc2)c([C@@H]2CCCN(C(=O)C[C@H]3OC(=O)c4ccccc43)C2)n1. The average molecular weight is 428 g/mol. The van der Waals surface area contributed by atoms with E-state index in [1.165, 1.54) is 0 Å². The number of aromatic nitrogens is 3. The van der Waals surface area contributed by atoms with Crippen molar-refractivity contribution in [2.45, 2.75) is 38.2 Å². The molecule has 1 aromatic carbocycles. The molecular weight excluding hydrogens is 404 g/mol. The summed E-state index contributed by atoms with van der Waals surface area (Å²) in [4.78, 5) is 40.4. The van der Waals surface area contributed by atoms with E-state index < -0.39 is 6.10 Å². The van der Waals surface area contributed by atoms with Gasteiger partial charge in [-0.2, -0.15) is 0 Å². The lowest BCUT2D eigenvalue weighted by Crippen LogP contribution is -2.40. The van der Waals surface area contributed by atoms with Crippen molar-refractivity contribution in [1.82, 2.24) is 19.9 Å². The Balaban J connectivity index is 1.35. The van der Waals surface area contributed by atoms with Crippen LogP contribution >= 0.6 is 0 Å². The van der Waals surface area contributed by atoms with Crippen molar-refractivity contribution in [2.75, 3.05) is 13.1 Å². The van der Waals surface area contributed by atoms with Crippen molar-refractivity contribution in [3.8, 4) is 11.1 Å². The van der Waals surface area contributed by atoms with Crippen LogP contribution in [0.5, 0.6) is 0 Å². The molecule has 0 bridgehead atoms. The van der Waals surface area contributed by atoms with Crippen LogP contribution in [-0.4, -0.2) is 44.8 Å². The molecule has 3 aromatic rings. The van der Waals surface area contributed by atoms with Crippen molar-refractivity contribution in [1.29, 1.82) is 0 Å². The minimum absolute atomic E-state index is 0.000409. The second-order valence-electron chi connectivity index (χ2n) is 8.32. The first-order valence-corrected chi connectivity index (χ1v) is 10.9. The lowest BCUT2D eigenvalue weighted by molar-refractivity contribution is -0.134. The van der Waals surface area contributed by atoms with Gasteiger partial charge < -0.3 is 9.64 Å². The van der Waals surface area contributed by atoms with Gasteiger partial charge in [-0.25, -0.2) is 14.8 Å². The number of pyridine rings is 1. The topological polar surface area (TPSA) is 85.3 Å². The highest BCUT2D eigenvalue weighted by Gasteiger charge is 2.35. The molecule has 0 spiro atoms.